The Hall–Kier alpha value is -2.62. The molecule has 0 amide bonds. The van der Waals surface area contributed by atoms with Crippen LogP contribution in [0.4, 0.5) is 0 Å². The smallest absolute Gasteiger partial charge is 0.276 e. The molecule has 1 N–H and O–H groups in total. The van der Waals surface area contributed by atoms with Crippen LogP contribution in [0.3, 0.4) is 0 Å². The Kier molecular flexibility index (Phi) is 2.57. The zero-order chi connectivity index (χ0) is 14.4. The second-order valence-electron chi connectivity index (χ2n) is 5.46. The first-order chi connectivity index (χ1) is 10.2. The molecule has 0 radical (unpaired) electrons. The van der Waals surface area contributed by atoms with E-state index in [0.29, 0.717) is 5.82 Å². The summed E-state index contributed by atoms with van der Waals surface area (Å²) < 4.78 is 1.55. The lowest BCUT2D eigenvalue weighted by Gasteiger charge is -2.14. The fourth-order valence-electron chi connectivity index (χ4n) is 2.92. The summed E-state index contributed by atoms with van der Waals surface area (Å²) in [6, 6.07) is 12.1. The van der Waals surface area contributed by atoms with Gasteiger partial charge < -0.3 is 0 Å². The molecule has 0 aliphatic heterocycles. The fourth-order valence-corrected chi connectivity index (χ4v) is 2.92. The Balaban J connectivity index is 1.93. The van der Waals surface area contributed by atoms with E-state index in [1.165, 1.54) is 5.56 Å². The third-order valence-corrected chi connectivity index (χ3v) is 4.04. The molecule has 4 nitrogen and oxygen atoms in total. The van der Waals surface area contributed by atoms with Crippen LogP contribution in [0.25, 0.3) is 17.1 Å². The van der Waals surface area contributed by atoms with E-state index < -0.39 is 0 Å². The summed E-state index contributed by atoms with van der Waals surface area (Å²) in [5.74, 6) is 0.637. The predicted octanol–water partition coefficient (Wildman–Crippen LogP) is 2.63. The SMILES string of the molecule is Cc1ccc(-n2[nH]c3c(c2=O)CCc2ccccc2-3)nc1. The summed E-state index contributed by atoms with van der Waals surface area (Å²) in [5.41, 5.74) is 5.29. The number of aromatic nitrogens is 3. The molecule has 0 atom stereocenters. The van der Waals surface area contributed by atoms with Gasteiger partial charge in [-0.05, 0) is 37.0 Å². The van der Waals surface area contributed by atoms with Gasteiger partial charge in [0.05, 0.1) is 5.69 Å². The lowest BCUT2D eigenvalue weighted by Crippen LogP contribution is -2.19. The van der Waals surface area contributed by atoms with Gasteiger partial charge >= 0.3 is 0 Å². The second-order valence-corrected chi connectivity index (χ2v) is 5.46. The van der Waals surface area contributed by atoms with E-state index in [0.717, 1.165) is 35.2 Å². The number of fused-ring (bicyclic) bond motifs is 3. The van der Waals surface area contributed by atoms with E-state index in [9.17, 15) is 4.79 Å². The molecule has 21 heavy (non-hydrogen) atoms. The highest BCUT2D eigenvalue weighted by molar-refractivity contribution is 5.69. The van der Waals surface area contributed by atoms with Gasteiger partial charge in [-0.3, -0.25) is 9.89 Å². The van der Waals surface area contributed by atoms with Crippen molar-refractivity contribution < 1.29 is 0 Å². The van der Waals surface area contributed by atoms with Crippen LogP contribution in [0.1, 0.15) is 16.7 Å². The van der Waals surface area contributed by atoms with Crippen molar-refractivity contribution in [2.45, 2.75) is 19.8 Å². The molecule has 4 rings (SSSR count). The summed E-state index contributed by atoms with van der Waals surface area (Å²) >= 11 is 0. The van der Waals surface area contributed by atoms with Gasteiger partial charge in [0.2, 0.25) is 0 Å². The standard InChI is InChI=1S/C17H15N3O/c1-11-6-9-15(18-10-11)20-17(21)14-8-7-12-4-2-3-5-13(12)16(14)19-20/h2-6,9-10,19H,7-8H2,1H3. The molecular formula is C17H15N3O. The third kappa shape index (κ3) is 1.83. The van der Waals surface area contributed by atoms with E-state index in [1.54, 1.807) is 10.9 Å². The van der Waals surface area contributed by atoms with Crippen LogP contribution in [-0.4, -0.2) is 14.8 Å². The quantitative estimate of drug-likeness (QED) is 0.743. The Morgan fingerprint density at radius 3 is 2.81 bits per heavy atom. The first-order valence-corrected chi connectivity index (χ1v) is 7.09. The lowest BCUT2D eigenvalue weighted by atomic mass is 9.90. The molecule has 2 aromatic heterocycles. The summed E-state index contributed by atoms with van der Waals surface area (Å²) in [7, 11) is 0. The first kappa shape index (κ1) is 12.1. The van der Waals surface area contributed by atoms with Crippen molar-refractivity contribution in [2.75, 3.05) is 0 Å². The second kappa shape index (κ2) is 4.45. The number of aromatic amines is 1. The highest BCUT2D eigenvalue weighted by atomic mass is 16.1. The molecule has 0 bridgehead atoms. The fraction of sp³-hybridized carbons (Fsp3) is 0.176. The van der Waals surface area contributed by atoms with Gasteiger partial charge in [0.25, 0.3) is 5.56 Å². The number of hydrogen-bond donors (Lipinski definition) is 1. The van der Waals surface area contributed by atoms with E-state index in [-0.39, 0.29) is 5.56 Å². The number of hydrogen-bond acceptors (Lipinski definition) is 2. The number of nitrogens with zero attached hydrogens (tertiary/aromatic N) is 2. The molecule has 0 fully saturated rings. The molecular weight excluding hydrogens is 262 g/mol. The van der Waals surface area contributed by atoms with Crippen molar-refractivity contribution in [1.29, 1.82) is 0 Å². The number of pyridine rings is 1. The largest absolute Gasteiger partial charge is 0.289 e. The van der Waals surface area contributed by atoms with Crippen LogP contribution in [0.15, 0.2) is 47.4 Å². The van der Waals surface area contributed by atoms with Crippen molar-refractivity contribution in [3.05, 3.63) is 69.6 Å². The molecule has 2 heterocycles. The zero-order valence-corrected chi connectivity index (χ0v) is 11.8. The molecule has 3 aromatic rings. The number of aryl methyl sites for hydroxylation is 2. The highest BCUT2D eigenvalue weighted by Gasteiger charge is 2.22. The van der Waals surface area contributed by atoms with Gasteiger partial charge in [-0.25, -0.2) is 9.67 Å². The topological polar surface area (TPSA) is 50.7 Å². The average molecular weight is 277 g/mol. The summed E-state index contributed by atoms with van der Waals surface area (Å²) in [5, 5.41) is 3.24. The van der Waals surface area contributed by atoms with Crippen molar-refractivity contribution in [2.24, 2.45) is 0 Å². The van der Waals surface area contributed by atoms with Crippen LogP contribution in [0.2, 0.25) is 0 Å². The number of rotatable bonds is 1. The molecule has 1 aliphatic rings. The molecule has 1 aromatic carbocycles. The minimum atomic E-state index is 0.0101. The average Bonchev–Trinajstić information content (AvgIpc) is 2.86. The molecule has 104 valence electrons. The number of H-pyrrole nitrogens is 1. The van der Waals surface area contributed by atoms with Gasteiger partial charge in [-0.2, -0.15) is 0 Å². The monoisotopic (exact) mass is 277 g/mol. The van der Waals surface area contributed by atoms with Crippen LogP contribution in [0, 0.1) is 6.92 Å². The Morgan fingerprint density at radius 1 is 1.14 bits per heavy atom. The number of nitrogens with one attached hydrogen (secondary N) is 1. The Labute approximate surface area is 122 Å². The van der Waals surface area contributed by atoms with E-state index in [2.05, 4.69) is 22.2 Å². The van der Waals surface area contributed by atoms with Crippen LogP contribution >= 0.6 is 0 Å². The highest BCUT2D eigenvalue weighted by Crippen LogP contribution is 2.30. The van der Waals surface area contributed by atoms with Gasteiger partial charge in [0, 0.05) is 17.3 Å². The van der Waals surface area contributed by atoms with Crippen LogP contribution in [0.5, 0.6) is 0 Å². The van der Waals surface area contributed by atoms with Crippen molar-refractivity contribution in [1.82, 2.24) is 14.8 Å². The van der Waals surface area contributed by atoms with Gasteiger partial charge in [-0.1, -0.05) is 30.3 Å². The minimum Gasteiger partial charge on any atom is -0.289 e. The maximum Gasteiger partial charge on any atom is 0.276 e. The van der Waals surface area contributed by atoms with Crippen LogP contribution < -0.4 is 5.56 Å². The van der Waals surface area contributed by atoms with E-state index in [1.807, 2.05) is 31.2 Å². The maximum absolute atomic E-state index is 12.6. The zero-order valence-electron chi connectivity index (χ0n) is 11.8. The lowest BCUT2D eigenvalue weighted by molar-refractivity contribution is 0.817. The van der Waals surface area contributed by atoms with E-state index in [4.69, 9.17) is 0 Å². The summed E-state index contributed by atoms with van der Waals surface area (Å²) in [6.07, 6.45) is 3.47. The molecule has 4 heteroatoms. The molecule has 0 saturated heterocycles. The maximum atomic E-state index is 12.6. The van der Waals surface area contributed by atoms with Crippen LogP contribution in [-0.2, 0) is 12.8 Å². The normalized spacial score (nSPS) is 12.8. The Bertz CT molecular complexity index is 872. The van der Waals surface area contributed by atoms with Gasteiger partial charge in [-0.15, -0.1) is 0 Å². The molecule has 1 aliphatic carbocycles. The Morgan fingerprint density at radius 2 is 2.00 bits per heavy atom. The molecule has 0 unspecified atom stereocenters. The molecule has 0 spiro atoms. The third-order valence-electron chi connectivity index (χ3n) is 4.04. The predicted molar refractivity (Wildman–Crippen MR) is 81.8 cm³/mol. The summed E-state index contributed by atoms with van der Waals surface area (Å²) in [4.78, 5) is 16.9. The molecule has 0 saturated carbocycles. The number of benzene rings is 1. The van der Waals surface area contributed by atoms with E-state index >= 15 is 0 Å². The van der Waals surface area contributed by atoms with Crippen molar-refractivity contribution in [3.8, 4) is 17.1 Å². The first-order valence-electron chi connectivity index (χ1n) is 7.09. The van der Waals surface area contributed by atoms with Crippen molar-refractivity contribution in [3.63, 3.8) is 0 Å². The summed E-state index contributed by atoms with van der Waals surface area (Å²) in [6.45, 7) is 1.98. The van der Waals surface area contributed by atoms with Crippen molar-refractivity contribution >= 4 is 0 Å². The van der Waals surface area contributed by atoms with Gasteiger partial charge in [0.15, 0.2) is 5.82 Å². The van der Waals surface area contributed by atoms with Gasteiger partial charge in [0.1, 0.15) is 0 Å². The minimum absolute atomic E-state index is 0.0101.